The molecule has 1 aromatic rings. The van der Waals surface area contributed by atoms with E-state index in [1.807, 2.05) is 0 Å². The molecule has 11 heavy (non-hydrogen) atoms. The molecular formula is C8H13ClOSi. The van der Waals surface area contributed by atoms with Gasteiger partial charge < -0.3 is 4.42 Å². The van der Waals surface area contributed by atoms with Gasteiger partial charge in [0, 0.05) is 5.56 Å². The Morgan fingerprint density at radius 3 is 2.36 bits per heavy atom. The van der Waals surface area contributed by atoms with Crippen molar-refractivity contribution in [2.24, 2.45) is 0 Å². The number of alkyl halides is 1. The van der Waals surface area contributed by atoms with Crippen LogP contribution in [0.15, 0.2) is 16.7 Å². The normalized spacial score (nSPS) is 12.0. The molecule has 0 aliphatic carbocycles. The van der Waals surface area contributed by atoms with E-state index in [2.05, 4.69) is 25.7 Å². The van der Waals surface area contributed by atoms with Crippen LogP contribution in [0.25, 0.3) is 0 Å². The summed E-state index contributed by atoms with van der Waals surface area (Å²) in [7, 11) is -1.25. The molecular weight excluding hydrogens is 176 g/mol. The van der Waals surface area contributed by atoms with Gasteiger partial charge >= 0.3 is 0 Å². The van der Waals surface area contributed by atoms with Crippen LogP contribution < -0.4 is 5.38 Å². The number of hydrogen-bond acceptors (Lipinski definition) is 1. The molecule has 0 aliphatic rings. The molecule has 0 atom stereocenters. The van der Waals surface area contributed by atoms with Crippen LogP contribution in [0.4, 0.5) is 0 Å². The van der Waals surface area contributed by atoms with Crippen molar-refractivity contribution in [1.29, 1.82) is 0 Å². The van der Waals surface area contributed by atoms with E-state index >= 15 is 0 Å². The average molecular weight is 189 g/mol. The fraction of sp³-hybridized carbons (Fsp3) is 0.500. The molecule has 0 amide bonds. The van der Waals surface area contributed by atoms with E-state index in [0.29, 0.717) is 5.88 Å². The molecule has 0 fully saturated rings. The Kier molecular flexibility index (Phi) is 2.45. The zero-order valence-electron chi connectivity index (χ0n) is 7.15. The van der Waals surface area contributed by atoms with Crippen molar-refractivity contribution < 1.29 is 4.42 Å². The highest BCUT2D eigenvalue weighted by Crippen LogP contribution is 2.08. The van der Waals surface area contributed by atoms with Gasteiger partial charge in [0.2, 0.25) is 0 Å². The molecule has 0 aromatic carbocycles. The second kappa shape index (κ2) is 3.03. The Morgan fingerprint density at radius 2 is 2.09 bits per heavy atom. The zero-order valence-corrected chi connectivity index (χ0v) is 8.90. The first-order chi connectivity index (χ1) is 5.04. The molecule has 1 heterocycles. The molecule has 0 bridgehead atoms. The summed E-state index contributed by atoms with van der Waals surface area (Å²) in [4.78, 5) is 0. The standard InChI is InChI=1S/C8H13ClOSi/c1-11(2,3)8-4-7(5-9)6-10-8/h4,6H,5H2,1-3H3. The highest BCUT2D eigenvalue weighted by Gasteiger charge is 2.20. The van der Waals surface area contributed by atoms with Crippen LogP contribution in [0.2, 0.25) is 19.6 Å². The first-order valence-corrected chi connectivity index (χ1v) is 7.71. The Hall–Kier alpha value is -0.213. The summed E-state index contributed by atoms with van der Waals surface area (Å²) < 4.78 is 5.40. The summed E-state index contributed by atoms with van der Waals surface area (Å²) in [5.41, 5.74) is 1.09. The SMILES string of the molecule is C[Si](C)(C)c1cc(CCl)co1. The van der Waals surface area contributed by atoms with E-state index < -0.39 is 8.07 Å². The minimum atomic E-state index is -1.25. The lowest BCUT2D eigenvalue weighted by atomic mass is 10.4. The maximum absolute atomic E-state index is 5.65. The highest BCUT2D eigenvalue weighted by atomic mass is 35.5. The predicted molar refractivity (Wildman–Crippen MR) is 51.2 cm³/mol. The van der Waals surface area contributed by atoms with Gasteiger partial charge in [0.25, 0.3) is 0 Å². The molecule has 1 nitrogen and oxygen atoms in total. The van der Waals surface area contributed by atoms with Gasteiger partial charge in [0.15, 0.2) is 0 Å². The fourth-order valence-electron chi connectivity index (χ4n) is 0.839. The summed E-state index contributed by atoms with van der Waals surface area (Å²) in [6.07, 6.45) is 1.75. The molecule has 0 saturated carbocycles. The van der Waals surface area contributed by atoms with Crippen LogP contribution in [0, 0.1) is 0 Å². The number of rotatable bonds is 2. The van der Waals surface area contributed by atoms with Crippen molar-refractivity contribution in [3.8, 4) is 0 Å². The molecule has 0 unspecified atom stereocenters. The Balaban J connectivity index is 2.89. The molecule has 62 valence electrons. The van der Waals surface area contributed by atoms with Gasteiger partial charge in [0.1, 0.15) is 8.07 Å². The monoisotopic (exact) mass is 188 g/mol. The van der Waals surface area contributed by atoms with E-state index in [0.717, 1.165) is 10.9 Å². The van der Waals surface area contributed by atoms with Crippen LogP contribution in [-0.4, -0.2) is 8.07 Å². The molecule has 1 aromatic heterocycles. The Bertz CT molecular complexity index is 236. The molecule has 1 rings (SSSR count). The smallest absolute Gasteiger partial charge is 0.123 e. The lowest BCUT2D eigenvalue weighted by Crippen LogP contribution is -2.36. The van der Waals surface area contributed by atoms with Gasteiger partial charge in [-0.1, -0.05) is 19.6 Å². The third-order valence-corrected chi connectivity index (χ3v) is 3.60. The van der Waals surface area contributed by atoms with Crippen LogP contribution in [0.5, 0.6) is 0 Å². The highest BCUT2D eigenvalue weighted by molar-refractivity contribution is 6.87. The lowest BCUT2D eigenvalue weighted by Gasteiger charge is -2.10. The van der Waals surface area contributed by atoms with Crippen molar-refractivity contribution in [2.45, 2.75) is 25.5 Å². The second-order valence-corrected chi connectivity index (χ2v) is 8.96. The summed E-state index contributed by atoms with van der Waals surface area (Å²) in [5.74, 6) is 0.550. The van der Waals surface area contributed by atoms with Crippen LogP contribution >= 0.6 is 11.6 Å². The maximum atomic E-state index is 5.65. The van der Waals surface area contributed by atoms with E-state index in [9.17, 15) is 0 Å². The fourth-order valence-corrected chi connectivity index (χ4v) is 2.01. The van der Waals surface area contributed by atoms with E-state index in [1.165, 1.54) is 0 Å². The molecule has 0 spiro atoms. The van der Waals surface area contributed by atoms with E-state index in [-0.39, 0.29) is 0 Å². The predicted octanol–water partition coefficient (Wildman–Crippen LogP) is 2.56. The minimum absolute atomic E-state index is 0.550. The average Bonchev–Trinajstić information content (AvgIpc) is 2.32. The van der Waals surface area contributed by atoms with Crippen molar-refractivity contribution in [3.63, 3.8) is 0 Å². The molecule has 0 saturated heterocycles. The van der Waals surface area contributed by atoms with Crippen LogP contribution in [-0.2, 0) is 5.88 Å². The minimum Gasteiger partial charge on any atom is -0.474 e. The molecule has 0 aliphatic heterocycles. The number of halogens is 1. The van der Waals surface area contributed by atoms with Gasteiger partial charge in [-0.25, -0.2) is 0 Å². The lowest BCUT2D eigenvalue weighted by molar-refractivity contribution is 0.595. The Morgan fingerprint density at radius 1 is 1.45 bits per heavy atom. The summed E-state index contributed by atoms with van der Waals surface area (Å²) >= 11 is 5.65. The van der Waals surface area contributed by atoms with E-state index in [4.69, 9.17) is 16.0 Å². The largest absolute Gasteiger partial charge is 0.474 e. The number of furan rings is 1. The summed E-state index contributed by atoms with van der Waals surface area (Å²) in [6, 6.07) is 2.07. The third kappa shape index (κ3) is 2.11. The maximum Gasteiger partial charge on any atom is 0.123 e. The topological polar surface area (TPSA) is 13.1 Å². The van der Waals surface area contributed by atoms with Gasteiger partial charge in [-0.05, 0) is 6.07 Å². The van der Waals surface area contributed by atoms with Gasteiger partial charge in [-0.3, -0.25) is 0 Å². The van der Waals surface area contributed by atoms with Crippen LogP contribution in [0.1, 0.15) is 5.56 Å². The molecule has 0 N–H and O–H groups in total. The molecule has 3 heteroatoms. The first-order valence-electron chi connectivity index (χ1n) is 3.68. The van der Waals surface area contributed by atoms with Crippen molar-refractivity contribution in [2.75, 3.05) is 0 Å². The first kappa shape index (κ1) is 8.88. The summed E-state index contributed by atoms with van der Waals surface area (Å²) in [6.45, 7) is 6.76. The zero-order chi connectivity index (χ0) is 8.48. The number of hydrogen-bond donors (Lipinski definition) is 0. The third-order valence-electron chi connectivity index (χ3n) is 1.55. The van der Waals surface area contributed by atoms with Crippen LogP contribution in [0.3, 0.4) is 0 Å². The van der Waals surface area contributed by atoms with Gasteiger partial charge in [-0.2, -0.15) is 0 Å². The Labute approximate surface area is 73.4 Å². The summed E-state index contributed by atoms with van der Waals surface area (Å²) in [5, 5.41) is 1.13. The quantitative estimate of drug-likeness (QED) is 0.514. The second-order valence-electron chi connectivity index (χ2n) is 3.70. The van der Waals surface area contributed by atoms with Gasteiger partial charge in [0.05, 0.1) is 17.5 Å². The molecule has 0 radical (unpaired) electrons. The van der Waals surface area contributed by atoms with E-state index in [1.54, 1.807) is 6.26 Å². The van der Waals surface area contributed by atoms with Crippen molar-refractivity contribution >= 4 is 25.1 Å². The van der Waals surface area contributed by atoms with Gasteiger partial charge in [-0.15, -0.1) is 11.6 Å². The van der Waals surface area contributed by atoms with Crippen molar-refractivity contribution in [1.82, 2.24) is 0 Å². The van der Waals surface area contributed by atoms with Crippen molar-refractivity contribution in [3.05, 3.63) is 17.9 Å².